The maximum Gasteiger partial charge on any atom is 0.246 e. The Balaban J connectivity index is 2.41. The van der Waals surface area contributed by atoms with Crippen molar-refractivity contribution < 1.29 is 14.6 Å². The Bertz CT molecular complexity index is 340. The number of rotatable bonds is 6. The van der Waals surface area contributed by atoms with E-state index in [0.717, 1.165) is 5.56 Å². The van der Waals surface area contributed by atoms with E-state index in [9.17, 15) is 9.90 Å². The molecule has 0 spiro atoms. The van der Waals surface area contributed by atoms with Crippen molar-refractivity contribution in [3.8, 4) is 0 Å². The molecule has 0 aliphatic rings. The van der Waals surface area contributed by atoms with Gasteiger partial charge in [0, 0.05) is 13.2 Å². The number of aliphatic hydroxyl groups excluding tert-OH is 1. The fourth-order valence-corrected chi connectivity index (χ4v) is 1.65. The summed E-state index contributed by atoms with van der Waals surface area (Å²) in [6, 6.07) is 9.31. The lowest BCUT2D eigenvalue weighted by atomic mass is 10.0. The highest BCUT2D eigenvalue weighted by Crippen LogP contribution is 2.17. The molecule has 0 saturated heterocycles. The standard InChI is InChI=1S/C13H19NO3/c1-10(14-13(16)9-17-2)8-12(15)11-6-4-3-5-7-11/h3-7,10,12,15H,8-9H2,1-2H3,(H,14,16). The van der Waals surface area contributed by atoms with E-state index in [0.29, 0.717) is 6.42 Å². The first-order valence-corrected chi connectivity index (χ1v) is 5.64. The van der Waals surface area contributed by atoms with Gasteiger partial charge in [0.25, 0.3) is 0 Å². The topological polar surface area (TPSA) is 58.6 Å². The van der Waals surface area contributed by atoms with Crippen LogP contribution >= 0.6 is 0 Å². The van der Waals surface area contributed by atoms with E-state index in [2.05, 4.69) is 5.32 Å². The minimum atomic E-state index is -0.561. The maximum absolute atomic E-state index is 11.3. The van der Waals surface area contributed by atoms with Gasteiger partial charge in [0.15, 0.2) is 0 Å². The number of hydrogen-bond donors (Lipinski definition) is 2. The molecular weight excluding hydrogens is 218 g/mol. The molecule has 17 heavy (non-hydrogen) atoms. The lowest BCUT2D eigenvalue weighted by molar-refractivity contribution is -0.125. The lowest BCUT2D eigenvalue weighted by Crippen LogP contribution is -2.36. The van der Waals surface area contributed by atoms with Crippen LogP contribution in [-0.4, -0.2) is 30.8 Å². The second-order valence-electron chi connectivity index (χ2n) is 4.06. The number of aliphatic hydroxyl groups is 1. The fraction of sp³-hybridized carbons (Fsp3) is 0.462. The molecule has 0 radical (unpaired) electrons. The molecule has 2 atom stereocenters. The van der Waals surface area contributed by atoms with Crippen LogP contribution in [0, 0.1) is 0 Å². The van der Waals surface area contributed by atoms with E-state index in [1.54, 1.807) is 0 Å². The molecule has 1 rings (SSSR count). The van der Waals surface area contributed by atoms with Crippen molar-refractivity contribution in [2.75, 3.05) is 13.7 Å². The van der Waals surface area contributed by atoms with Gasteiger partial charge in [0.05, 0.1) is 6.10 Å². The third-order valence-corrected chi connectivity index (χ3v) is 2.44. The van der Waals surface area contributed by atoms with Crippen LogP contribution in [0.1, 0.15) is 25.0 Å². The van der Waals surface area contributed by atoms with Crippen LogP contribution in [0.2, 0.25) is 0 Å². The number of hydrogen-bond acceptors (Lipinski definition) is 3. The van der Waals surface area contributed by atoms with Crippen LogP contribution in [-0.2, 0) is 9.53 Å². The van der Waals surface area contributed by atoms with Gasteiger partial charge in [-0.2, -0.15) is 0 Å². The number of benzene rings is 1. The van der Waals surface area contributed by atoms with E-state index < -0.39 is 6.10 Å². The molecule has 2 N–H and O–H groups in total. The Kier molecular flexibility index (Phi) is 5.66. The zero-order valence-electron chi connectivity index (χ0n) is 10.2. The molecule has 1 aromatic carbocycles. The van der Waals surface area contributed by atoms with Crippen molar-refractivity contribution in [1.29, 1.82) is 0 Å². The molecule has 4 nitrogen and oxygen atoms in total. The van der Waals surface area contributed by atoms with Crippen LogP contribution in [0.4, 0.5) is 0 Å². The fourth-order valence-electron chi connectivity index (χ4n) is 1.65. The Morgan fingerprint density at radius 2 is 2.06 bits per heavy atom. The summed E-state index contributed by atoms with van der Waals surface area (Å²) in [6.45, 7) is 1.91. The Labute approximate surface area is 102 Å². The summed E-state index contributed by atoms with van der Waals surface area (Å²) in [5.41, 5.74) is 0.861. The Morgan fingerprint density at radius 1 is 1.41 bits per heavy atom. The van der Waals surface area contributed by atoms with E-state index in [1.165, 1.54) is 7.11 Å². The summed E-state index contributed by atoms with van der Waals surface area (Å²) >= 11 is 0. The van der Waals surface area contributed by atoms with Crippen molar-refractivity contribution in [2.45, 2.75) is 25.5 Å². The lowest BCUT2D eigenvalue weighted by Gasteiger charge is -2.18. The van der Waals surface area contributed by atoms with Crippen molar-refractivity contribution in [3.63, 3.8) is 0 Å². The SMILES string of the molecule is COCC(=O)NC(C)CC(O)c1ccccc1. The van der Waals surface area contributed by atoms with Gasteiger partial charge in [-0.3, -0.25) is 4.79 Å². The largest absolute Gasteiger partial charge is 0.388 e. The van der Waals surface area contributed by atoms with Crippen LogP contribution in [0.3, 0.4) is 0 Å². The average molecular weight is 237 g/mol. The Morgan fingerprint density at radius 3 is 2.65 bits per heavy atom. The number of methoxy groups -OCH3 is 1. The predicted octanol–water partition coefficient (Wildman–Crippen LogP) is 1.26. The second kappa shape index (κ2) is 7.04. The van der Waals surface area contributed by atoms with Gasteiger partial charge in [0.1, 0.15) is 6.61 Å². The monoisotopic (exact) mass is 237 g/mol. The summed E-state index contributed by atoms with van der Waals surface area (Å²) in [6.07, 6.45) is -0.0755. The highest BCUT2D eigenvalue weighted by atomic mass is 16.5. The zero-order valence-corrected chi connectivity index (χ0v) is 10.2. The number of carbonyl (C=O) groups excluding carboxylic acids is 1. The summed E-state index contributed by atoms with van der Waals surface area (Å²) in [5.74, 6) is -0.166. The highest BCUT2D eigenvalue weighted by Gasteiger charge is 2.13. The zero-order chi connectivity index (χ0) is 12.7. The third kappa shape index (κ3) is 4.97. The van der Waals surface area contributed by atoms with Crippen LogP contribution in [0.25, 0.3) is 0 Å². The quantitative estimate of drug-likeness (QED) is 0.783. The molecule has 94 valence electrons. The molecule has 0 saturated carbocycles. The number of nitrogens with one attached hydrogen (secondary N) is 1. The summed E-state index contributed by atoms with van der Waals surface area (Å²) in [7, 11) is 1.48. The van der Waals surface area contributed by atoms with Crippen LogP contribution < -0.4 is 5.32 Å². The van der Waals surface area contributed by atoms with Crippen molar-refractivity contribution >= 4 is 5.91 Å². The van der Waals surface area contributed by atoms with E-state index in [-0.39, 0.29) is 18.6 Å². The van der Waals surface area contributed by atoms with E-state index >= 15 is 0 Å². The molecule has 0 aromatic heterocycles. The van der Waals surface area contributed by atoms with Crippen molar-refractivity contribution in [3.05, 3.63) is 35.9 Å². The molecule has 0 heterocycles. The van der Waals surface area contributed by atoms with Gasteiger partial charge in [0.2, 0.25) is 5.91 Å². The molecule has 0 aliphatic heterocycles. The smallest absolute Gasteiger partial charge is 0.246 e. The first-order chi connectivity index (χ1) is 8.13. The second-order valence-corrected chi connectivity index (χ2v) is 4.06. The normalized spacial score (nSPS) is 14.1. The number of ether oxygens (including phenoxy) is 1. The average Bonchev–Trinajstić information content (AvgIpc) is 2.30. The van der Waals surface area contributed by atoms with Crippen molar-refractivity contribution in [2.24, 2.45) is 0 Å². The van der Waals surface area contributed by atoms with Gasteiger partial charge in [-0.15, -0.1) is 0 Å². The first-order valence-electron chi connectivity index (χ1n) is 5.64. The minimum Gasteiger partial charge on any atom is -0.388 e. The molecule has 0 bridgehead atoms. The van der Waals surface area contributed by atoms with Gasteiger partial charge in [-0.1, -0.05) is 30.3 Å². The minimum absolute atomic E-state index is 0.0474. The van der Waals surface area contributed by atoms with Crippen molar-refractivity contribution in [1.82, 2.24) is 5.32 Å². The highest BCUT2D eigenvalue weighted by molar-refractivity contribution is 5.77. The maximum atomic E-state index is 11.3. The van der Waals surface area contributed by atoms with Gasteiger partial charge >= 0.3 is 0 Å². The Hall–Kier alpha value is -1.39. The molecule has 1 amide bonds. The summed E-state index contributed by atoms with van der Waals surface area (Å²) in [5, 5.41) is 12.7. The third-order valence-electron chi connectivity index (χ3n) is 2.44. The molecule has 0 fully saturated rings. The molecular formula is C13H19NO3. The van der Waals surface area contributed by atoms with Crippen LogP contribution in [0.5, 0.6) is 0 Å². The van der Waals surface area contributed by atoms with Crippen LogP contribution in [0.15, 0.2) is 30.3 Å². The predicted molar refractivity (Wildman–Crippen MR) is 65.5 cm³/mol. The van der Waals surface area contributed by atoms with E-state index in [1.807, 2.05) is 37.3 Å². The van der Waals surface area contributed by atoms with Gasteiger partial charge in [-0.05, 0) is 18.9 Å². The first kappa shape index (κ1) is 13.7. The molecule has 4 heteroatoms. The van der Waals surface area contributed by atoms with Gasteiger partial charge < -0.3 is 15.2 Å². The van der Waals surface area contributed by atoms with Gasteiger partial charge in [-0.25, -0.2) is 0 Å². The van der Waals surface area contributed by atoms with E-state index in [4.69, 9.17) is 4.74 Å². The number of carbonyl (C=O) groups is 1. The summed E-state index contributed by atoms with van der Waals surface area (Å²) in [4.78, 5) is 11.3. The molecule has 0 aliphatic carbocycles. The summed E-state index contributed by atoms with van der Waals surface area (Å²) < 4.78 is 4.72. The number of amides is 1. The molecule has 2 unspecified atom stereocenters. The molecule has 1 aromatic rings.